The molecule has 56 valence electrons. The zero-order valence-electron chi connectivity index (χ0n) is 4.37. The minimum Gasteiger partial charge on any atom is -1.00 e. The molecule has 0 saturated heterocycles. The number of carbonyl (C=O) groups excluding carboxylic acids is 1. The van der Waals surface area contributed by atoms with Gasteiger partial charge in [-0.3, -0.25) is 0 Å². The van der Waals surface area contributed by atoms with Crippen LogP contribution in [0.1, 0.15) is 6.92 Å². The molecule has 0 rings (SSSR count). The largest absolute Gasteiger partial charge is 1.00 e. The molecule has 0 atom stereocenters. The van der Waals surface area contributed by atoms with Gasteiger partial charge in [-0.2, -0.15) is 0 Å². The zero-order valence-corrected chi connectivity index (χ0v) is 4.37. The minimum absolute atomic E-state index is 0. The molecule has 0 spiro atoms. The van der Waals surface area contributed by atoms with Crippen molar-refractivity contribution in [2.24, 2.45) is 0 Å². The standard InChI is InChI=1S/C2H4O2.FH.NO3/c1-2(3)4;;2-1(3)4/h1H3,(H,3,4);1H;/q;;-1/p-2. The summed E-state index contributed by atoms with van der Waals surface area (Å²) in [7, 11) is 0. The van der Waals surface area contributed by atoms with Crippen molar-refractivity contribution in [3.05, 3.63) is 15.3 Å². The second-order valence-corrected chi connectivity index (χ2v) is 0.715. The summed E-state index contributed by atoms with van der Waals surface area (Å²) in [5, 5.41) is 23.6. The monoisotopic (exact) mass is 140 g/mol. The predicted octanol–water partition coefficient (Wildman–Crippen LogP) is -4.48. The number of nitrogens with zero attached hydrogens (tertiary/aromatic N) is 1. The highest BCUT2D eigenvalue weighted by Gasteiger charge is 1.46. The third kappa shape index (κ3) is 71.3. The van der Waals surface area contributed by atoms with E-state index in [4.69, 9.17) is 25.2 Å². The summed E-state index contributed by atoms with van der Waals surface area (Å²) in [4.78, 5) is 17.1. The van der Waals surface area contributed by atoms with Gasteiger partial charge >= 0.3 is 0 Å². The molecule has 0 unspecified atom stereocenters. The van der Waals surface area contributed by atoms with E-state index >= 15 is 0 Å². The molecule has 0 saturated carbocycles. The summed E-state index contributed by atoms with van der Waals surface area (Å²) in [6, 6.07) is 0. The predicted molar refractivity (Wildman–Crippen MR) is 21.0 cm³/mol. The molecule has 0 aliphatic heterocycles. The van der Waals surface area contributed by atoms with Gasteiger partial charge in [0.25, 0.3) is 0 Å². The van der Waals surface area contributed by atoms with Gasteiger partial charge in [-0.05, 0) is 6.92 Å². The molecular formula is C2H3FNO5-3. The second kappa shape index (κ2) is 9.78. The Balaban J connectivity index is -0.0000000720. The third-order valence-electron chi connectivity index (χ3n) is 0. The first kappa shape index (κ1) is 15.6. The molecule has 0 fully saturated rings. The van der Waals surface area contributed by atoms with Gasteiger partial charge in [-0.1, -0.05) is 0 Å². The molecule has 0 radical (unpaired) electrons. The Kier molecular flexibility index (Phi) is 17.0. The van der Waals surface area contributed by atoms with E-state index in [2.05, 4.69) is 0 Å². The summed E-state index contributed by atoms with van der Waals surface area (Å²) < 4.78 is 0. The lowest BCUT2D eigenvalue weighted by atomic mass is 10.9. The van der Waals surface area contributed by atoms with Gasteiger partial charge < -0.3 is 29.9 Å². The maximum absolute atomic E-state index is 8.89. The van der Waals surface area contributed by atoms with Crippen LogP contribution in [0.25, 0.3) is 0 Å². The van der Waals surface area contributed by atoms with Crippen LogP contribution < -0.4 is 9.81 Å². The van der Waals surface area contributed by atoms with Crippen LogP contribution in [0.3, 0.4) is 0 Å². The Morgan fingerprint density at radius 2 is 1.44 bits per heavy atom. The van der Waals surface area contributed by atoms with E-state index in [1.165, 1.54) is 0 Å². The molecule has 0 aromatic heterocycles. The smallest absolute Gasteiger partial charge is 0.0689 e. The number of carboxylic acids is 1. The van der Waals surface area contributed by atoms with E-state index in [0.717, 1.165) is 6.92 Å². The quantitative estimate of drug-likeness (QED) is 0.249. The van der Waals surface area contributed by atoms with Crippen molar-refractivity contribution in [2.75, 3.05) is 0 Å². The highest BCUT2D eigenvalue weighted by Crippen LogP contribution is 1.44. The Labute approximate surface area is 49.2 Å². The van der Waals surface area contributed by atoms with Crippen LogP contribution >= 0.6 is 0 Å². The molecule has 0 heterocycles. The third-order valence-corrected chi connectivity index (χ3v) is 0. The van der Waals surface area contributed by atoms with Crippen molar-refractivity contribution in [1.82, 2.24) is 0 Å². The second-order valence-electron chi connectivity index (χ2n) is 0.715. The van der Waals surface area contributed by atoms with Gasteiger partial charge in [0, 0.05) is 5.97 Å². The summed E-state index contributed by atoms with van der Waals surface area (Å²) in [6.07, 6.45) is 0. The van der Waals surface area contributed by atoms with Crippen LogP contribution in [-0.4, -0.2) is 11.1 Å². The van der Waals surface area contributed by atoms with E-state index < -0.39 is 11.1 Å². The summed E-state index contributed by atoms with van der Waals surface area (Å²) in [5.74, 6) is -1.08. The van der Waals surface area contributed by atoms with Gasteiger partial charge in [-0.15, -0.1) is 0 Å². The number of hydrogen-bond donors (Lipinski definition) is 0. The van der Waals surface area contributed by atoms with Crippen molar-refractivity contribution in [3.8, 4) is 0 Å². The Hall–Kier alpha value is -1.40. The lowest BCUT2D eigenvalue weighted by Gasteiger charge is -1.77. The lowest BCUT2D eigenvalue weighted by Crippen LogP contribution is -3.00. The molecule has 7 heteroatoms. The zero-order chi connectivity index (χ0) is 7.15. The van der Waals surface area contributed by atoms with E-state index in [1.807, 2.05) is 0 Å². The maximum atomic E-state index is 8.89. The Morgan fingerprint density at radius 3 is 1.44 bits per heavy atom. The van der Waals surface area contributed by atoms with Gasteiger partial charge in [0.15, 0.2) is 0 Å². The fraction of sp³-hybridized carbons (Fsp3) is 0.500. The Morgan fingerprint density at radius 1 is 1.44 bits per heavy atom. The summed E-state index contributed by atoms with van der Waals surface area (Å²) in [5.41, 5.74) is 0. The van der Waals surface area contributed by atoms with Gasteiger partial charge in [0.05, 0.1) is 5.09 Å². The van der Waals surface area contributed by atoms with Gasteiger partial charge in [0.1, 0.15) is 0 Å². The van der Waals surface area contributed by atoms with Gasteiger partial charge in [-0.25, -0.2) is 0 Å². The lowest BCUT2D eigenvalue weighted by molar-refractivity contribution is -0.402. The van der Waals surface area contributed by atoms with Crippen LogP contribution in [0, 0.1) is 15.3 Å². The molecule has 0 aliphatic carbocycles. The van der Waals surface area contributed by atoms with E-state index in [1.54, 1.807) is 0 Å². The molecule has 0 N–H and O–H groups in total. The Bertz CT molecular complexity index is 73.0. The highest BCUT2D eigenvalue weighted by atomic mass is 19.0. The van der Waals surface area contributed by atoms with Crippen LogP contribution in [0.2, 0.25) is 0 Å². The number of halogens is 1. The van der Waals surface area contributed by atoms with Crippen LogP contribution in [0.15, 0.2) is 0 Å². The first-order valence-electron chi connectivity index (χ1n) is 1.46. The van der Waals surface area contributed by atoms with Crippen molar-refractivity contribution in [3.63, 3.8) is 0 Å². The van der Waals surface area contributed by atoms with Crippen molar-refractivity contribution in [1.29, 1.82) is 0 Å². The van der Waals surface area contributed by atoms with E-state index in [0.29, 0.717) is 0 Å². The molecule has 0 aliphatic rings. The number of carboxylic acid groups (broad SMARTS) is 1. The minimum atomic E-state index is -1.75. The maximum Gasteiger partial charge on any atom is 0.0689 e. The summed E-state index contributed by atoms with van der Waals surface area (Å²) >= 11 is 0. The van der Waals surface area contributed by atoms with E-state index in [-0.39, 0.29) is 4.70 Å². The fourth-order valence-electron chi connectivity index (χ4n) is 0. The van der Waals surface area contributed by atoms with Crippen molar-refractivity contribution >= 4 is 5.97 Å². The van der Waals surface area contributed by atoms with Crippen molar-refractivity contribution < 1.29 is 19.7 Å². The number of aliphatic carboxylic acids is 1. The molecule has 6 nitrogen and oxygen atoms in total. The molecule has 0 amide bonds. The van der Waals surface area contributed by atoms with Gasteiger partial charge in [0.2, 0.25) is 0 Å². The molecular weight excluding hydrogens is 137 g/mol. The van der Waals surface area contributed by atoms with Crippen molar-refractivity contribution in [2.45, 2.75) is 6.92 Å². The topological polar surface area (TPSA) is 106 Å². The first-order chi connectivity index (χ1) is 3.46. The average molecular weight is 140 g/mol. The van der Waals surface area contributed by atoms with E-state index in [9.17, 15) is 0 Å². The first-order valence-corrected chi connectivity index (χ1v) is 1.46. The molecule has 0 bridgehead atoms. The summed E-state index contributed by atoms with van der Waals surface area (Å²) in [6.45, 7) is 0.972. The van der Waals surface area contributed by atoms with Crippen LogP contribution in [-0.2, 0) is 4.79 Å². The highest BCUT2D eigenvalue weighted by molar-refractivity contribution is 5.60. The number of rotatable bonds is 0. The molecule has 9 heavy (non-hydrogen) atoms. The number of hydrogen-bond acceptors (Lipinski definition) is 5. The normalized spacial score (nSPS) is 5.44. The van der Waals surface area contributed by atoms with Crippen LogP contribution in [0.5, 0.6) is 0 Å². The fourth-order valence-corrected chi connectivity index (χ4v) is 0. The molecule has 0 aromatic rings. The SMILES string of the molecule is CC(=O)[O-].O=[N+]([O-])[O-].[F-]. The number of carbonyl (C=O) groups is 1. The van der Waals surface area contributed by atoms with Crippen LogP contribution in [0.4, 0.5) is 0 Å². The average Bonchev–Trinajstić information content (AvgIpc) is 1.25. The molecule has 0 aromatic carbocycles.